The number of rotatable bonds is 5. The topological polar surface area (TPSA) is 12.0 Å². The van der Waals surface area contributed by atoms with Crippen molar-refractivity contribution in [3.8, 4) is 0 Å². The van der Waals surface area contributed by atoms with Crippen LogP contribution in [0.4, 0.5) is 8.78 Å². The molecule has 20 heavy (non-hydrogen) atoms. The van der Waals surface area contributed by atoms with Crippen molar-refractivity contribution < 1.29 is 8.78 Å². The predicted molar refractivity (Wildman–Crippen MR) is 77.9 cm³/mol. The fourth-order valence-electron chi connectivity index (χ4n) is 2.17. The van der Waals surface area contributed by atoms with Crippen LogP contribution >= 0.6 is 11.6 Å². The molecule has 1 unspecified atom stereocenters. The first-order valence-electron chi connectivity index (χ1n) is 6.53. The Morgan fingerprint density at radius 1 is 1.10 bits per heavy atom. The minimum atomic E-state index is -0.448. The standard InChI is InChI=1S/C16H16ClF2N/c1-2-20-16(10-11-5-3-4-6-14(11)18)12-7-8-15(19)13(17)9-12/h3-9,16,20H,2,10H2,1H3. The van der Waals surface area contributed by atoms with Gasteiger partial charge in [-0.1, -0.05) is 42.8 Å². The van der Waals surface area contributed by atoms with E-state index in [2.05, 4.69) is 5.32 Å². The first-order valence-corrected chi connectivity index (χ1v) is 6.91. The molecule has 1 nitrogen and oxygen atoms in total. The van der Waals surface area contributed by atoms with E-state index in [1.165, 1.54) is 12.1 Å². The van der Waals surface area contributed by atoms with Crippen molar-refractivity contribution in [1.29, 1.82) is 0 Å². The Morgan fingerprint density at radius 3 is 2.50 bits per heavy atom. The number of benzene rings is 2. The van der Waals surface area contributed by atoms with Crippen LogP contribution in [-0.4, -0.2) is 6.54 Å². The molecule has 1 N–H and O–H groups in total. The molecular weight excluding hydrogens is 280 g/mol. The van der Waals surface area contributed by atoms with Crippen LogP contribution in [0, 0.1) is 11.6 Å². The molecule has 0 amide bonds. The van der Waals surface area contributed by atoms with Gasteiger partial charge in [0.25, 0.3) is 0 Å². The van der Waals surface area contributed by atoms with Crippen LogP contribution in [-0.2, 0) is 6.42 Å². The Morgan fingerprint density at radius 2 is 1.85 bits per heavy atom. The molecule has 0 heterocycles. The molecule has 0 fully saturated rings. The molecule has 0 bridgehead atoms. The summed E-state index contributed by atoms with van der Waals surface area (Å²) in [5.41, 5.74) is 1.47. The highest BCUT2D eigenvalue weighted by Crippen LogP contribution is 2.24. The summed E-state index contributed by atoms with van der Waals surface area (Å²) in [5.74, 6) is -0.680. The number of nitrogens with one attached hydrogen (secondary N) is 1. The van der Waals surface area contributed by atoms with Crippen molar-refractivity contribution in [2.75, 3.05) is 6.54 Å². The monoisotopic (exact) mass is 295 g/mol. The quantitative estimate of drug-likeness (QED) is 0.855. The molecule has 2 aromatic carbocycles. The number of halogens is 3. The van der Waals surface area contributed by atoms with Gasteiger partial charge < -0.3 is 5.32 Å². The zero-order valence-electron chi connectivity index (χ0n) is 11.2. The second-order valence-electron chi connectivity index (χ2n) is 4.58. The lowest BCUT2D eigenvalue weighted by Crippen LogP contribution is -2.23. The van der Waals surface area contributed by atoms with Crippen molar-refractivity contribution in [3.63, 3.8) is 0 Å². The Kier molecular flexibility index (Phi) is 5.10. The third-order valence-corrected chi connectivity index (χ3v) is 3.47. The van der Waals surface area contributed by atoms with Crippen molar-refractivity contribution in [2.24, 2.45) is 0 Å². The lowest BCUT2D eigenvalue weighted by Gasteiger charge is -2.19. The fourth-order valence-corrected chi connectivity index (χ4v) is 2.36. The van der Waals surface area contributed by atoms with Crippen LogP contribution in [0.15, 0.2) is 42.5 Å². The Bertz CT molecular complexity index is 586. The summed E-state index contributed by atoms with van der Waals surface area (Å²) < 4.78 is 27.0. The van der Waals surface area contributed by atoms with Crippen LogP contribution in [0.5, 0.6) is 0 Å². The maximum atomic E-state index is 13.7. The van der Waals surface area contributed by atoms with Gasteiger partial charge in [-0.3, -0.25) is 0 Å². The van der Waals surface area contributed by atoms with Gasteiger partial charge in [-0.05, 0) is 42.3 Å². The largest absolute Gasteiger partial charge is 0.310 e. The number of hydrogen-bond donors (Lipinski definition) is 1. The maximum Gasteiger partial charge on any atom is 0.141 e. The normalized spacial score (nSPS) is 12.4. The average molecular weight is 296 g/mol. The van der Waals surface area contributed by atoms with E-state index < -0.39 is 5.82 Å². The van der Waals surface area contributed by atoms with Crippen LogP contribution in [0.2, 0.25) is 5.02 Å². The first kappa shape index (κ1) is 14.9. The van der Waals surface area contributed by atoms with Gasteiger partial charge in [0.2, 0.25) is 0 Å². The molecule has 0 saturated carbocycles. The Labute approximate surface area is 122 Å². The molecule has 0 saturated heterocycles. The highest BCUT2D eigenvalue weighted by molar-refractivity contribution is 6.30. The van der Waals surface area contributed by atoms with Crippen LogP contribution in [0.25, 0.3) is 0 Å². The van der Waals surface area contributed by atoms with E-state index in [-0.39, 0.29) is 16.9 Å². The molecule has 0 aliphatic rings. The van der Waals surface area contributed by atoms with Gasteiger partial charge in [-0.15, -0.1) is 0 Å². The van der Waals surface area contributed by atoms with Crippen molar-refractivity contribution in [2.45, 2.75) is 19.4 Å². The number of likely N-dealkylation sites (N-methyl/N-ethyl adjacent to an activating group) is 1. The summed E-state index contributed by atoms with van der Waals surface area (Å²) in [6, 6.07) is 11.2. The zero-order valence-corrected chi connectivity index (χ0v) is 11.9. The summed E-state index contributed by atoms with van der Waals surface area (Å²) in [6.07, 6.45) is 0.489. The third-order valence-electron chi connectivity index (χ3n) is 3.18. The fraction of sp³-hybridized carbons (Fsp3) is 0.250. The van der Waals surface area contributed by atoms with Crippen molar-refractivity contribution in [1.82, 2.24) is 5.32 Å². The molecule has 0 aliphatic carbocycles. The van der Waals surface area contributed by atoms with E-state index >= 15 is 0 Å². The molecule has 0 aromatic heterocycles. The van der Waals surface area contributed by atoms with Crippen LogP contribution < -0.4 is 5.32 Å². The van der Waals surface area contributed by atoms with E-state index in [1.807, 2.05) is 6.92 Å². The summed E-state index contributed by atoms with van der Waals surface area (Å²) in [5, 5.41) is 3.36. The molecule has 106 valence electrons. The molecule has 2 rings (SSSR count). The third kappa shape index (κ3) is 3.56. The summed E-state index contributed by atoms with van der Waals surface area (Å²) in [7, 11) is 0. The smallest absolute Gasteiger partial charge is 0.141 e. The van der Waals surface area contributed by atoms with Crippen molar-refractivity contribution in [3.05, 3.63) is 70.2 Å². The van der Waals surface area contributed by atoms with Gasteiger partial charge in [0, 0.05) is 6.04 Å². The van der Waals surface area contributed by atoms with Crippen LogP contribution in [0.1, 0.15) is 24.1 Å². The molecule has 0 spiro atoms. The molecule has 1 atom stereocenters. The average Bonchev–Trinajstić information content (AvgIpc) is 2.44. The van der Waals surface area contributed by atoms with Gasteiger partial charge >= 0.3 is 0 Å². The molecule has 0 radical (unpaired) electrons. The number of hydrogen-bond acceptors (Lipinski definition) is 1. The summed E-state index contributed by atoms with van der Waals surface area (Å²) in [4.78, 5) is 0. The maximum absolute atomic E-state index is 13.7. The highest BCUT2D eigenvalue weighted by Gasteiger charge is 2.14. The minimum Gasteiger partial charge on any atom is -0.310 e. The van der Waals surface area contributed by atoms with Gasteiger partial charge in [-0.2, -0.15) is 0 Å². The Balaban J connectivity index is 2.27. The SMILES string of the molecule is CCNC(Cc1ccccc1F)c1ccc(F)c(Cl)c1. The molecule has 2 aromatic rings. The first-order chi connectivity index (χ1) is 9.61. The minimum absolute atomic E-state index is 0.0823. The second kappa shape index (κ2) is 6.82. The highest BCUT2D eigenvalue weighted by atomic mass is 35.5. The predicted octanol–water partition coefficient (Wildman–Crippen LogP) is 4.51. The Hall–Kier alpha value is -1.45. The van der Waals surface area contributed by atoms with E-state index in [4.69, 9.17) is 11.6 Å². The van der Waals surface area contributed by atoms with Crippen molar-refractivity contribution >= 4 is 11.6 Å². The molecule has 4 heteroatoms. The van der Waals surface area contributed by atoms with Gasteiger partial charge in [0.05, 0.1) is 5.02 Å². The zero-order chi connectivity index (χ0) is 14.5. The van der Waals surface area contributed by atoms with E-state index in [0.717, 1.165) is 12.1 Å². The van der Waals surface area contributed by atoms with Gasteiger partial charge in [-0.25, -0.2) is 8.78 Å². The van der Waals surface area contributed by atoms with Gasteiger partial charge in [0.15, 0.2) is 0 Å². The molecule has 0 aliphatic heterocycles. The molecular formula is C16H16ClF2N. The van der Waals surface area contributed by atoms with E-state index in [0.29, 0.717) is 12.0 Å². The van der Waals surface area contributed by atoms with Crippen LogP contribution in [0.3, 0.4) is 0 Å². The summed E-state index contributed by atoms with van der Waals surface area (Å²) >= 11 is 5.82. The second-order valence-corrected chi connectivity index (χ2v) is 4.99. The van der Waals surface area contributed by atoms with Gasteiger partial charge in [0.1, 0.15) is 11.6 Å². The lowest BCUT2D eigenvalue weighted by molar-refractivity contribution is 0.526. The summed E-state index contributed by atoms with van der Waals surface area (Å²) in [6.45, 7) is 2.70. The lowest BCUT2D eigenvalue weighted by atomic mass is 9.98. The van der Waals surface area contributed by atoms with E-state index in [9.17, 15) is 8.78 Å². The van der Waals surface area contributed by atoms with E-state index in [1.54, 1.807) is 30.3 Å².